The van der Waals surface area contributed by atoms with E-state index in [0.717, 1.165) is 16.8 Å². The summed E-state index contributed by atoms with van der Waals surface area (Å²) in [4.78, 5) is 4.42. The summed E-state index contributed by atoms with van der Waals surface area (Å²) in [5.41, 5.74) is 2.97. The van der Waals surface area contributed by atoms with Crippen LogP contribution >= 0.6 is 11.8 Å². The van der Waals surface area contributed by atoms with E-state index in [1.54, 1.807) is 4.68 Å². The van der Waals surface area contributed by atoms with E-state index in [4.69, 9.17) is 4.52 Å². The van der Waals surface area contributed by atoms with Crippen LogP contribution < -0.4 is 0 Å². The molecule has 0 N–H and O–H groups in total. The van der Waals surface area contributed by atoms with Gasteiger partial charge in [0.2, 0.25) is 16.9 Å². The Hall–Kier alpha value is -3.00. The third-order valence-electron chi connectivity index (χ3n) is 3.61. The molecule has 124 valence electrons. The first-order valence-corrected chi connectivity index (χ1v) is 8.65. The van der Waals surface area contributed by atoms with E-state index in [2.05, 4.69) is 25.7 Å². The summed E-state index contributed by atoms with van der Waals surface area (Å²) in [5, 5.41) is 16.6. The van der Waals surface area contributed by atoms with Gasteiger partial charge in [0.25, 0.3) is 0 Å². The number of para-hydroxylation sites is 1. The minimum Gasteiger partial charge on any atom is -0.338 e. The molecule has 0 atom stereocenters. The molecule has 0 saturated carbocycles. The number of aryl methyl sites for hydroxylation is 1. The molecule has 2 aromatic carbocycles. The van der Waals surface area contributed by atoms with Crippen LogP contribution in [0.4, 0.5) is 0 Å². The van der Waals surface area contributed by atoms with Crippen molar-refractivity contribution >= 4 is 11.8 Å². The highest BCUT2D eigenvalue weighted by molar-refractivity contribution is 7.98. The maximum absolute atomic E-state index is 5.33. The van der Waals surface area contributed by atoms with Gasteiger partial charge in [0, 0.05) is 5.56 Å². The molecular weight excluding hydrogens is 336 g/mol. The summed E-state index contributed by atoms with van der Waals surface area (Å²) < 4.78 is 7.04. The molecule has 0 amide bonds. The molecule has 0 radical (unpaired) electrons. The molecule has 2 heterocycles. The first-order chi connectivity index (χ1) is 12.3. The van der Waals surface area contributed by atoms with Crippen molar-refractivity contribution in [2.75, 3.05) is 0 Å². The number of benzene rings is 2. The number of aromatic nitrogens is 6. The summed E-state index contributed by atoms with van der Waals surface area (Å²) in [5.74, 6) is 1.60. The zero-order chi connectivity index (χ0) is 17.1. The van der Waals surface area contributed by atoms with Gasteiger partial charge in [0.05, 0.1) is 11.4 Å². The van der Waals surface area contributed by atoms with Gasteiger partial charge in [-0.3, -0.25) is 0 Å². The quantitative estimate of drug-likeness (QED) is 0.511. The topological polar surface area (TPSA) is 82.5 Å². The van der Waals surface area contributed by atoms with Crippen LogP contribution in [0.3, 0.4) is 0 Å². The summed E-state index contributed by atoms with van der Waals surface area (Å²) >= 11 is 1.45. The number of tetrazole rings is 1. The Morgan fingerprint density at radius 2 is 1.84 bits per heavy atom. The predicted molar refractivity (Wildman–Crippen MR) is 93.2 cm³/mol. The van der Waals surface area contributed by atoms with Crippen LogP contribution in [0.2, 0.25) is 0 Å². The fraction of sp³-hybridized carbons (Fsp3) is 0.118. The van der Waals surface area contributed by atoms with E-state index in [0.29, 0.717) is 22.6 Å². The summed E-state index contributed by atoms with van der Waals surface area (Å²) in [6.45, 7) is 2.02. The maximum atomic E-state index is 5.33. The zero-order valence-electron chi connectivity index (χ0n) is 13.4. The lowest BCUT2D eigenvalue weighted by Gasteiger charge is -2.05. The van der Waals surface area contributed by atoms with Crippen LogP contribution in [-0.2, 0) is 5.75 Å². The van der Waals surface area contributed by atoms with Gasteiger partial charge in [-0.25, -0.2) is 0 Å². The van der Waals surface area contributed by atoms with Gasteiger partial charge < -0.3 is 4.52 Å². The van der Waals surface area contributed by atoms with Gasteiger partial charge >= 0.3 is 0 Å². The Bertz CT molecular complexity index is 981. The first kappa shape index (κ1) is 15.5. The molecule has 2 aromatic heterocycles. The van der Waals surface area contributed by atoms with Gasteiger partial charge in [0.15, 0.2) is 0 Å². The minimum absolute atomic E-state index is 0.492. The first-order valence-electron chi connectivity index (χ1n) is 7.66. The van der Waals surface area contributed by atoms with Crippen molar-refractivity contribution in [2.45, 2.75) is 17.8 Å². The molecule has 0 unspecified atom stereocenters. The number of thioether (sulfide) groups is 1. The lowest BCUT2D eigenvalue weighted by molar-refractivity contribution is 0.391. The Kier molecular flexibility index (Phi) is 4.26. The van der Waals surface area contributed by atoms with Gasteiger partial charge in [-0.15, -0.1) is 5.10 Å². The van der Waals surface area contributed by atoms with E-state index in [1.165, 1.54) is 11.8 Å². The smallest absolute Gasteiger partial charge is 0.237 e. The normalized spacial score (nSPS) is 10.9. The summed E-state index contributed by atoms with van der Waals surface area (Å²) in [7, 11) is 0. The van der Waals surface area contributed by atoms with E-state index in [1.807, 2.05) is 61.5 Å². The molecule has 4 aromatic rings. The number of rotatable bonds is 5. The van der Waals surface area contributed by atoms with Crippen LogP contribution in [0.5, 0.6) is 0 Å². The van der Waals surface area contributed by atoms with Crippen molar-refractivity contribution in [3.05, 3.63) is 66.1 Å². The monoisotopic (exact) mass is 350 g/mol. The molecule has 0 aliphatic carbocycles. The molecule has 0 bridgehead atoms. The average molecular weight is 350 g/mol. The molecule has 25 heavy (non-hydrogen) atoms. The van der Waals surface area contributed by atoms with Gasteiger partial charge in [-0.05, 0) is 29.0 Å². The van der Waals surface area contributed by atoms with Crippen LogP contribution in [0, 0.1) is 6.92 Å². The van der Waals surface area contributed by atoms with Crippen LogP contribution in [0.1, 0.15) is 11.5 Å². The lowest BCUT2D eigenvalue weighted by Crippen LogP contribution is -2.01. The average Bonchev–Trinajstić information content (AvgIpc) is 3.30. The molecule has 0 saturated heterocycles. The third kappa shape index (κ3) is 3.29. The lowest BCUT2D eigenvalue weighted by atomic mass is 10.2. The SMILES string of the molecule is Cc1ccccc1-n1nnnc1SCc1nc(-c2ccccc2)no1. The second kappa shape index (κ2) is 6.86. The summed E-state index contributed by atoms with van der Waals surface area (Å²) in [6, 6.07) is 17.7. The highest BCUT2D eigenvalue weighted by atomic mass is 32.2. The van der Waals surface area contributed by atoms with E-state index in [9.17, 15) is 0 Å². The number of hydrogen-bond donors (Lipinski definition) is 0. The molecule has 4 rings (SSSR count). The Morgan fingerprint density at radius 3 is 2.68 bits per heavy atom. The van der Waals surface area contributed by atoms with Gasteiger partial charge in [0.1, 0.15) is 0 Å². The van der Waals surface area contributed by atoms with E-state index >= 15 is 0 Å². The molecule has 0 aliphatic rings. The Labute approximate surface area is 148 Å². The fourth-order valence-corrected chi connectivity index (χ4v) is 3.09. The molecule has 0 aliphatic heterocycles. The van der Waals surface area contributed by atoms with Gasteiger partial charge in [-0.1, -0.05) is 65.4 Å². The second-order valence-corrected chi connectivity index (χ2v) is 6.27. The minimum atomic E-state index is 0.492. The molecule has 7 nitrogen and oxygen atoms in total. The van der Waals surface area contributed by atoms with Crippen molar-refractivity contribution in [3.8, 4) is 17.1 Å². The van der Waals surface area contributed by atoms with E-state index in [-0.39, 0.29) is 0 Å². The maximum Gasteiger partial charge on any atom is 0.237 e. The van der Waals surface area contributed by atoms with Crippen molar-refractivity contribution in [1.29, 1.82) is 0 Å². The number of nitrogens with zero attached hydrogens (tertiary/aromatic N) is 6. The second-order valence-electron chi connectivity index (χ2n) is 5.33. The van der Waals surface area contributed by atoms with Crippen LogP contribution in [-0.4, -0.2) is 30.3 Å². The van der Waals surface area contributed by atoms with E-state index < -0.39 is 0 Å². The van der Waals surface area contributed by atoms with Crippen molar-refractivity contribution in [1.82, 2.24) is 30.3 Å². The zero-order valence-corrected chi connectivity index (χ0v) is 14.2. The number of hydrogen-bond acceptors (Lipinski definition) is 7. The molecule has 0 spiro atoms. The van der Waals surface area contributed by atoms with Crippen LogP contribution in [0.15, 0.2) is 64.3 Å². The molecular formula is C17H14N6OS. The van der Waals surface area contributed by atoms with Crippen molar-refractivity contribution < 1.29 is 4.52 Å². The largest absolute Gasteiger partial charge is 0.338 e. The standard InChI is InChI=1S/C17H14N6OS/c1-12-7-5-6-10-14(12)23-17(19-21-22-23)25-11-15-18-16(20-24-15)13-8-3-2-4-9-13/h2-10H,11H2,1H3. The third-order valence-corrected chi connectivity index (χ3v) is 4.51. The molecule has 8 heteroatoms. The Balaban J connectivity index is 1.51. The Morgan fingerprint density at radius 1 is 1.04 bits per heavy atom. The highest BCUT2D eigenvalue weighted by Crippen LogP contribution is 2.24. The van der Waals surface area contributed by atoms with Crippen molar-refractivity contribution in [3.63, 3.8) is 0 Å². The van der Waals surface area contributed by atoms with Gasteiger partial charge in [-0.2, -0.15) is 9.67 Å². The predicted octanol–water partition coefficient (Wildman–Crippen LogP) is 3.31. The fourth-order valence-electron chi connectivity index (χ4n) is 2.37. The van der Waals surface area contributed by atoms with Crippen LogP contribution in [0.25, 0.3) is 17.1 Å². The highest BCUT2D eigenvalue weighted by Gasteiger charge is 2.14. The summed E-state index contributed by atoms with van der Waals surface area (Å²) in [6.07, 6.45) is 0. The molecule has 0 fully saturated rings. The van der Waals surface area contributed by atoms with Crippen molar-refractivity contribution in [2.24, 2.45) is 0 Å².